The van der Waals surface area contributed by atoms with Crippen molar-refractivity contribution in [2.24, 2.45) is 5.92 Å². The minimum absolute atomic E-state index is 0.268. The summed E-state index contributed by atoms with van der Waals surface area (Å²) in [6.45, 7) is 9.30. The summed E-state index contributed by atoms with van der Waals surface area (Å²) in [5.41, 5.74) is 2.18. The van der Waals surface area contributed by atoms with E-state index in [1.807, 2.05) is 17.4 Å². The lowest BCUT2D eigenvalue weighted by Gasteiger charge is -2.22. The van der Waals surface area contributed by atoms with E-state index in [1.54, 1.807) is 12.5 Å². The van der Waals surface area contributed by atoms with E-state index in [0.717, 1.165) is 5.56 Å². The van der Waals surface area contributed by atoms with Crippen LogP contribution in [-0.2, 0) is 6.54 Å². The highest BCUT2D eigenvalue weighted by Gasteiger charge is 2.20. The van der Waals surface area contributed by atoms with Gasteiger partial charge in [-0.1, -0.05) is 19.0 Å². The van der Waals surface area contributed by atoms with Gasteiger partial charge in [0.05, 0.1) is 18.4 Å². The van der Waals surface area contributed by atoms with E-state index >= 15 is 0 Å². The van der Waals surface area contributed by atoms with E-state index in [0.29, 0.717) is 24.2 Å². The standard InChI is InChI=1S/C17H21N3O2S/c1-10(2)16(14-7-11(3)23-12(14)4)18-8-15-19-17(20-22-15)13-5-6-21-9-13/h5-7,9-10,16,18H,8H2,1-4H3/t16-/m1/s1. The number of aryl methyl sites for hydroxylation is 2. The molecule has 3 heterocycles. The number of nitrogens with zero attached hydrogens (tertiary/aromatic N) is 2. The molecule has 0 spiro atoms. The van der Waals surface area contributed by atoms with Crippen molar-refractivity contribution < 1.29 is 8.94 Å². The quantitative estimate of drug-likeness (QED) is 0.720. The van der Waals surface area contributed by atoms with Gasteiger partial charge in [0.15, 0.2) is 0 Å². The summed E-state index contributed by atoms with van der Waals surface area (Å²) in [5, 5.41) is 7.54. The van der Waals surface area contributed by atoms with Crippen LogP contribution in [0.4, 0.5) is 0 Å². The summed E-state index contributed by atoms with van der Waals surface area (Å²) in [4.78, 5) is 7.11. The summed E-state index contributed by atoms with van der Waals surface area (Å²) < 4.78 is 10.4. The molecule has 23 heavy (non-hydrogen) atoms. The third-order valence-electron chi connectivity index (χ3n) is 3.80. The SMILES string of the molecule is Cc1cc([C@H](NCc2nc(-c3ccoc3)no2)C(C)C)c(C)s1. The first-order valence-corrected chi connectivity index (χ1v) is 8.51. The van der Waals surface area contributed by atoms with Gasteiger partial charge in [0.25, 0.3) is 0 Å². The van der Waals surface area contributed by atoms with Gasteiger partial charge < -0.3 is 14.3 Å². The molecular formula is C17H21N3O2S. The van der Waals surface area contributed by atoms with E-state index < -0.39 is 0 Å². The molecule has 0 amide bonds. The molecule has 0 aromatic carbocycles. The molecule has 0 saturated heterocycles. The van der Waals surface area contributed by atoms with Gasteiger partial charge in [0.2, 0.25) is 11.7 Å². The van der Waals surface area contributed by atoms with E-state index in [1.165, 1.54) is 15.3 Å². The minimum atomic E-state index is 0.268. The topological polar surface area (TPSA) is 64.1 Å². The Bertz CT molecular complexity index is 759. The lowest BCUT2D eigenvalue weighted by molar-refractivity contribution is 0.337. The second kappa shape index (κ2) is 6.68. The van der Waals surface area contributed by atoms with Crippen LogP contribution in [0, 0.1) is 19.8 Å². The van der Waals surface area contributed by atoms with E-state index in [4.69, 9.17) is 8.94 Å². The van der Waals surface area contributed by atoms with Crippen LogP contribution in [0.15, 0.2) is 33.6 Å². The molecule has 0 fully saturated rings. The van der Waals surface area contributed by atoms with Gasteiger partial charge in [-0.05, 0) is 37.5 Å². The van der Waals surface area contributed by atoms with Crippen LogP contribution in [0.1, 0.15) is 41.1 Å². The molecule has 0 radical (unpaired) electrons. The lowest BCUT2D eigenvalue weighted by Crippen LogP contribution is -2.25. The molecule has 0 bridgehead atoms. The van der Waals surface area contributed by atoms with Crippen molar-refractivity contribution in [2.45, 2.75) is 40.3 Å². The van der Waals surface area contributed by atoms with Crippen molar-refractivity contribution in [2.75, 3.05) is 0 Å². The highest BCUT2D eigenvalue weighted by atomic mass is 32.1. The maximum atomic E-state index is 5.33. The van der Waals surface area contributed by atoms with Crippen LogP contribution in [0.2, 0.25) is 0 Å². The average Bonchev–Trinajstić information content (AvgIpc) is 3.20. The van der Waals surface area contributed by atoms with Crippen molar-refractivity contribution in [3.8, 4) is 11.4 Å². The third kappa shape index (κ3) is 3.54. The molecule has 1 N–H and O–H groups in total. The maximum absolute atomic E-state index is 5.33. The van der Waals surface area contributed by atoms with Gasteiger partial charge in [0.1, 0.15) is 6.26 Å². The third-order valence-corrected chi connectivity index (χ3v) is 4.78. The molecule has 0 aliphatic carbocycles. The molecule has 3 rings (SSSR count). The molecular weight excluding hydrogens is 310 g/mol. The zero-order chi connectivity index (χ0) is 16.4. The fourth-order valence-corrected chi connectivity index (χ4v) is 3.67. The first-order chi connectivity index (χ1) is 11.0. The van der Waals surface area contributed by atoms with Crippen LogP contribution < -0.4 is 5.32 Å². The highest BCUT2D eigenvalue weighted by Crippen LogP contribution is 2.31. The van der Waals surface area contributed by atoms with Crippen molar-refractivity contribution >= 4 is 11.3 Å². The molecule has 0 aliphatic rings. The van der Waals surface area contributed by atoms with Gasteiger partial charge in [-0.2, -0.15) is 4.98 Å². The monoisotopic (exact) mass is 331 g/mol. The second-order valence-corrected chi connectivity index (χ2v) is 7.46. The Labute approximate surface area is 139 Å². The molecule has 122 valence electrons. The Morgan fingerprint density at radius 3 is 2.74 bits per heavy atom. The Morgan fingerprint density at radius 2 is 2.13 bits per heavy atom. The zero-order valence-electron chi connectivity index (χ0n) is 13.8. The van der Waals surface area contributed by atoms with Crippen LogP contribution >= 0.6 is 11.3 Å². The first kappa shape index (κ1) is 16.0. The number of furan rings is 1. The fourth-order valence-electron chi connectivity index (χ4n) is 2.70. The summed E-state index contributed by atoms with van der Waals surface area (Å²) in [7, 11) is 0. The number of aromatic nitrogens is 2. The van der Waals surface area contributed by atoms with Crippen LogP contribution in [0.5, 0.6) is 0 Å². The number of hydrogen-bond acceptors (Lipinski definition) is 6. The van der Waals surface area contributed by atoms with Crippen molar-refractivity contribution in [1.29, 1.82) is 0 Å². The van der Waals surface area contributed by atoms with E-state index in [9.17, 15) is 0 Å². The van der Waals surface area contributed by atoms with Gasteiger partial charge in [-0.15, -0.1) is 11.3 Å². The van der Waals surface area contributed by atoms with Gasteiger partial charge in [0, 0.05) is 15.8 Å². The Balaban J connectivity index is 1.71. The molecule has 3 aromatic heterocycles. The zero-order valence-corrected chi connectivity index (χ0v) is 14.6. The van der Waals surface area contributed by atoms with Crippen molar-refractivity contribution in [3.63, 3.8) is 0 Å². The van der Waals surface area contributed by atoms with Crippen LogP contribution in [0.3, 0.4) is 0 Å². The van der Waals surface area contributed by atoms with Gasteiger partial charge >= 0.3 is 0 Å². The predicted molar refractivity (Wildman–Crippen MR) is 90.2 cm³/mol. The smallest absolute Gasteiger partial charge is 0.240 e. The Morgan fingerprint density at radius 1 is 1.30 bits per heavy atom. The first-order valence-electron chi connectivity index (χ1n) is 7.70. The molecule has 3 aromatic rings. The van der Waals surface area contributed by atoms with Crippen molar-refractivity contribution in [1.82, 2.24) is 15.5 Å². The number of thiophene rings is 1. The Kier molecular flexibility index (Phi) is 4.63. The van der Waals surface area contributed by atoms with Gasteiger partial charge in [-0.3, -0.25) is 0 Å². The minimum Gasteiger partial charge on any atom is -0.472 e. The number of rotatable bonds is 6. The summed E-state index contributed by atoms with van der Waals surface area (Å²) >= 11 is 1.84. The van der Waals surface area contributed by atoms with E-state index in [2.05, 4.69) is 49.2 Å². The number of hydrogen-bond donors (Lipinski definition) is 1. The van der Waals surface area contributed by atoms with Crippen molar-refractivity contribution in [3.05, 3.63) is 45.9 Å². The molecule has 6 heteroatoms. The second-order valence-electron chi connectivity index (χ2n) is 5.99. The summed E-state index contributed by atoms with van der Waals surface area (Å²) in [6.07, 6.45) is 3.20. The molecule has 0 aliphatic heterocycles. The fraction of sp³-hybridized carbons (Fsp3) is 0.412. The summed E-state index contributed by atoms with van der Waals surface area (Å²) in [6, 6.07) is 4.35. The maximum Gasteiger partial charge on any atom is 0.240 e. The number of nitrogens with one attached hydrogen (secondary N) is 1. The largest absolute Gasteiger partial charge is 0.472 e. The predicted octanol–water partition coefficient (Wildman–Crippen LogP) is 4.49. The van der Waals surface area contributed by atoms with Gasteiger partial charge in [-0.25, -0.2) is 0 Å². The summed E-state index contributed by atoms with van der Waals surface area (Å²) in [5.74, 6) is 1.61. The highest BCUT2D eigenvalue weighted by molar-refractivity contribution is 7.12. The van der Waals surface area contributed by atoms with Crippen LogP contribution in [-0.4, -0.2) is 10.1 Å². The average molecular weight is 331 g/mol. The lowest BCUT2D eigenvalue weighted by atomic mass is 9.96. The molecule has 5 nitrogen and oxygen atoms in total. The van der Waals surface area contributed by atoms with E-state index in [-0.39, 0.29) is 6.04 Å². The Hall–Kier alpha value is -1.92. The normalized spacial score (nSPS) is 12.9. The van der Waals surface area contributed by atoms with Crippen LogP contribution in [0.25, 0.3) is 11.4 Å². The molecule has 0 unspecified atom stereocenters. The molecule has 0 saturated carbocycles. The molecule has 1 atom stereocenters.